The van der Waals surface area contributed by atoms with Crippen molar-refractivity contribution in [3.63, 3.8) is 0 Å². The highest BCUT2D eigenvalue weighted by Crippen LogP contribution is 2.26. The molecule has 18 heavy (non-hydrogen) atoms. The molecule has 1 saturated carbocycles. The van der Waals surface area contributed by atoms with Gasteiger partial charge >= 0.3 is 0 Å². The Hall–Kier alpha value is -0.940. The van der Waals surface area contributed by atoms with Crippen molar-refractivity contribution in [1.29, 1.82) is 0 Å². The Morgan fingerprint density at radius 3 is 2.72 bits per heavy atom. The van der Waals surface area contributed by atoms with E-state index < -0.39 is 0 Å². The first-order valence-corrected chi connectivity index (χ1v) is 6.75. The van der Waals surface area contributed by atoms with Gasteiger partial charge in [-0.3, -0.25) is 4.90 Å². The zero-order chi connectivity index (χ0) is 13.1. The summed E-state index contributed by atoms with van der Waals surface area (Å²) in [6, 6.07) is 0. The van der Waals surface area contributed by atoms with Crippen molar-refractivity contribution in [2.24, 2.45) is 5.92 Å². The molecule has 0 saturated heterocycles. The van der Waals surface area contributed by atoms with Crippen LogP contribution in [0, 0.1) is 5.92 Å². The average Bonchev–Trinajstić information content (AvgIpc) is 2.89. The maximum atomic E-state index is 9.80. The number of aliphatic hydroxyl groups is 1. The Labute approximate surface area is 108 Å². The van der Waals surface area contributed by atoms with Crippen molar-refractivity contribution in [2.75, 3.05) is 13.6 Å². The SMILES string of the molecule is CC(C)c1nnc(CN(C)CC2CCCC2O)o1. The standard InChI is InChI=1S/C13H23N3O2/c1-9(2)13-15-14-12(18-13)8-16(3)7-10-5-4-6-11(10)17/h9-11,17H,4-8H2,1-3H3. The lowest BCUT2D eigenvalue weighted by molar-refractivity contribution is 0.105. The van der Waals surface area contributed by atoms with Crippen LogP contribution in [0.1, 0.15) is 50.8 Å². The van der Waals surface area contributed by atoms with Gasteiger partial charge in [0.2, 0.25) is 11.8 Å². The predicted molar refractivity (Wildman–Crippen MR) is 68.1 cm³/mol. The van der Waals surface area contributed by atoms with E-state index in [1.165, 1.54) is 0 Å². The quantitative estimate of drug-likeness (QED) is 0.866. The third-order valence-corrected chi connectivity index (χ3v) is 3.55. The van der Waals surface area contributed by atoms with E-state index in [9.17, 15) is 5.11 Å². The molecular weight excluding hydrogens is 230 g/mol. The van der Waals surface area contributed by atoms with Crippen LogP contribution in [0.2, 0.25) is 0 Å². The molecule has 0 amide bonds. The van der Waals surface area contributed by atoms with Crippen LogP contribution in [0.4, 0.5) is 0 Å². The molecule has 1 aliphatic rings. The molecule has 0 radical (unpaired) electrons. The van der Waals surface area contributed by atoms with Crippen molar-refractivity contribution in [2.45, 2.75) is 51.7 Å². The summed E-state index contributed by atoms with van der Waals surface area (Å²) in [6.45, 7) is 5.62. The van der Waals surface area contributed by atoms with Gasteiger partial charge in [0.05, 0.1) is 12.6 Å². The maximum Gasteiger partial charge on any atom is 0.230 e. The fraction of sp³-hybridized carbons (Fsp3) is 0.846. The Bertz CT molecular complexity index is 378. The molecular formula is C13H23N3O2. The molecule has 1 aromatic rings. The van der Waals surface area contributed by atoms with Gasteiger partial charge in [-0.15, -0.1) is 10.2 Å². The van der Waals surface area contributed by atoms with Crippen molar-refractivity contribution < 1.29 is 9.52 Å². The minimum absolute atomic E-state index is 0.138. The Balaban J connectivity index is 1.84. The molecule has 2 rings (SSSR count). The molecule has 102 valence electrons. The number of hydrogen-bond acceptors (Lipinski definition) is 5. The molecule has 1 fully saturated rings. The van der Waals surface area contributed by atoms with Gasteiger partial charge in [-0.2, -0.15) is 0 Å². The highest BCUT2D eigenvalue weighted by Gasteiger charge is 2.26. The normalized spacial score (nSPS) is 24.3. The van der Waals surface area contributed by atoms with Gasteiger partial charge in [0, 0.05) is 12.5 Å². The van der Waals surface area contributed by atoms with E-state index in [4.69, 9.17) is 4.42 Å². The Morgan fingerprint density at radius 1 is 1.39 bits per heavy atom. The Kier molecular flexibility index (Phi) is 4.35. The molecule has 1 N–H and O–H groups in total. The summed E-state index contributed by atoms with van der Waals surface area (Å²) in [7, 11) is 2.03. The van der Waals surface area contributed by atoms with E-state index in [-0.39, 0.29) is 12.0 Å². The van der Waals surface area contributed by atoms with Crippen molar-refractivity contribution in [3.05, 3.63) is 11.8 Å². The average molecular weight is 253 g/mol. The van der Waals surface area contributed by atoms with Crippen LogP contribution in [0.15, 0.2) is 4.42 Å². The molecule has 2 unspecified atom stereocenters. The number of rotatable bonds is 5. The van der Waals surface area contributed by atoms with Gasteiger partial charge in [-0.25, -0.2) is 0 Å². The van der Waals surface area contributed by atoms with Gasteiger partial charge in [0.25, 0.3) is 0 Å². The van der Waals surface area contributed by atoms with Gasteiger partial charge in [-0.05, 0) is 25.8 Å². The van der Waals surface area contributed by atoms with Crippen LogP contribution in [-0.2, 0) is 6.54 Å². The summed E-state index contributed by atoms with van der Waals surface area (Å²) < 4.78 is 5.58. The summed E-state index contributed by atoms with van der Waals surface area (Å²) in [6.07, 6.45) is 3.06. The summed E-state index contributed by atoms with van der Waals surface area (Å²) in [4.78, 5) is 2.15. The van der Waals surface area contributed by atoms with Crippen LogP contribution >= 0.6 is 0 Å². The Morgan fingerprint density at radius 2 is 2.17 bits per heavy atom. The lowest BCUT2D eigenvalue weighted by Gasteiger charge is -2.21. The van der Waals surface area contributed by atoms with Gasteiger partial charge in [-0.1, -0.05) is 20.3 Å². The summed E-state index contributed by atoms with van der Waals surface area (Å²) in [5.41, 5.74) is 0. The van der Waals surface area contributed by atoms with Crippen molar-refractivity contribution >= 4 is 0 Å². The van der Waals surface area contributed by atoms with Crippen molar-refractivity contribution in [3.8, 4) is 0 Å². The number of hydrogen-bond donors (Lipinski definition) is 1. The van der Waals surface area contributed by atoms with Crippen LogP contribution in [0.25, 0.3) is 0 Å². The zero-order valence-corrected chi connectivity index (χ0v) is 11.5. The second kappa shape index (κ2) is 5.80. The van der Waals surface area contributed by atoms with E-state index in [1.54, 1.807) is 0 Å². The molecule has 0 bridgehead atoms. The smallest absolute Gasteiger partial charge is 0.230 e. The first-order chi connectivity index (χ1) is 8.56. The second-order valence-electron chi connectivity index (χ2n) is 5.64. The van der Waals surface area contributed by atoms with E-state index in [2.05, 4.69) is 15.1 Å². The lowest BCUT2D eigenvalue weighted by atomic mass is 10.1. The van der Waals surface area contributed by atoms with Crippen LogP contribution in [0.5, 0.6) is 0 Å². The van der Waals surface area contributed by atoms with E-state index in [0.717, 1.165) is 25.8 Å². The molecule has 0 spiro atoms. The highest BCUT2D eigenvalue weighted by molar-refractivity contribution is 4.87. The molecule has 1 aromatic heterocycles. The predicted octanol–water partition coefficient (Wildman–Crippen LogP) is 1.79. The monoisotopic (exact) mass is 253 g/mol. The minimum atomic E-state index is -0.138. The van der Waals surface area contributed by atoms with Gasteiger partial charge < -0.3 is 9.52 Å². The molecule has 5 heteroatoms. The fourth-order valence-corrected chi connectivity index (χ4v) is 2.49. The maximum absolute atomic E-state index is 9.80. The first-order valence-electron chi connectivity index (χ1n) is 6.75. The first kappa shape index (κ1) is 13.5. The summed E-state index contributed by atoms with van der Waals surface area (Å²) >= 11 is 0. The van der Waals surface area contributed by atoms with Crippen LogP contribution in [0.3, 0.4) is 0 Å². The van der Waals surface area contributed by atoms with E-state index >= 15 is 0 Å². The molecule has 0 aliphatic heterocycles. The number of aromatic nitrogens is 2. The van der Waals surface area contributed by atoms with Gasteiger partial charge in [0.15, 0.2) is 0 Å². The topological polar surface area (TPSA) is 62.4 Å². The third-order valence-electron chi connectivity index (χ3n) is 3.55. The third kappa shape index (κ3) is 3.29. The molecule has 0 aromatic carbocycles. The fourth-order valence-electron chi connectivity index (χ4n) is 2.49. The number of aliphatic hydroxyl groups excluding tert-OH is 1. The molecule has 1 aliphatic carbocycles. The zero-order valence-electron chi connectivity index (χ0n) is 11.5. The van der Waals surface area contributed by atoms with E-state index in [0.29, 0.717) is 24.2 Å². The van der Waals surface area contributed by atoms with Crippen LogP contribution < -0.4 is 0 Å². The summed E-state index contributed by atoms with van der Waals surface area (Å²) in [5.74, 6) is 2.02. The molecule has 5 nitrogen and oxygen atoms in total. The minimum Gasteiger partial charge on any atom is -0.424 e. The van der Waals surface area contributed by atoms with Crippen molar-refractivity contribution in [1.82, 2.24) is 15.1 Å². The molecule has 2 atom stereocenters. The lowest BCUT2D eigenvalue weighted by Crippen LogP contribution is -2.29. The largest absolute Gasteiger partial charge is 0.424 e. The highest BCUT2D eigenvalue weighted by atomic mass is 16.4. The van der Waals surface area contributed by atoms with E-state index in [1.807, 2.05) is 20.9 Å². The molecule has 1 heterocycles. The summed E-state index contributed by atoms with van der Waals surface area (Å²) in [5, 5.41) is 17.9. The van der Waals surface area contributed by atoms with Gasteiger partial charge in [0.1, 0.15) is 0 Å². The van der Waals surface area contributed by atoms with Crippen LogP contribution in [-0.4, -0.2) is 39.9 Å². The number of nitrogens with zero attached hydrogens (tertiary/aromatic N) is 3. The second-order valence-corrected chi connectivity index (χ2v) is 5.64.